The van der Waals surface area contributed by atoms with Gasteiger partial charge in [-0.2, -0.15) is 0 Å². The highest BCUT2D eigenvalue weighted by atomic mass is 32.2. The fourth-order valence-electron chi connectivity index (χ4n) is 3.36. The summed E-state index contributed by atoms with van der Waals surface area (Å²) in [6, 6.07) is 8.12. The van der Waals surface area contributed by atoms with Gasteiger partial charge in [0.05, 0.1) is 12.4 Å². The van der Waals surface area contributed by atoms with Gasteiger partial charge in [0.25, 0.3) is 5.22 Å². The first kappa shape index (κ1) is 18.8. The van der Waals surface area contributed by atoms with Crippen molar-refractivity contribution in [3.05, 3.63) is 24.3 Å². The molecule has 0 aliphatic carbocycles. The standard InChI is InChI=1S/C19H25N3O3S/c1-4-24-16-10-8-15(9-11-16)18-20-21-19(25-18)26-12-17(23)22-13(2)6-5-7-14(22)3/h8-11,13-14H,4-7,12H2,1-3H3/t13-,14-/m1/s1. The number of thioether (sulfide) groups is 1. The Morgan fingerprint density at radius 1 is 1.23 bits per heavy atom. The molecule has 26 heavy (non-hydrogen) atoms. The fraction of sp³-hybridized carbons (Fsp3) is 0.526. The molecule has 0 saturated carbocycles. The molecule has 7 heteroatoms. The third kappa shape index (κ3) is 4.38. The Morgan fingerprint density at radius 2 is 1.92 bits per heavy atom. The van der Waals surface area contributed by atoms with Gasteiger partial charge in [0.15, 0.2) is 0 Å². The predicted molar refractivity (Wildman–Crippen MR) is 101 cm³/mol. The lowest BCUT2D eigenvalue weighted by molar-refractivity contribution is -0.134. The highest BCUT2D eigenvalue weighted by molar-refractivity contribution is 7.99. The number of carbonyl (C=O) groups is 1. The number of amides is 1. The maximum atomic E-state index is 12.6. The molecule has 1 aliphatic rings. The summed E-state index contributed by atoms with van der Waals surface area (Å²) in [4.78, 5) is 14.6. The summed E-state index contributed by atoms with van der Waals surface area (Å²) in [7, 11) is 0. The quantitative estimate of drug-likeness (QED) is 0.711. The van der Waals surface area contributed by atoms with Crippen LogP contribution in [-0.2, 0) is 4.79 Å². The minimum Gasteiger partial charge on any atom is -0.494 e. The zero-order valence-electron chi connectivity index (χ0n) is 15.5. The van der Waals surface area contributed by atoms with Gasteiger partial charge in [-0.15, -0.1) is 10.2 Å². The van der Waals surface area contributed by atoms with Gasteiger partial charge in [-0.3, -0.25) is 4.79 Å². The Kier molecular flexibility index (Phi) is 6.19. The number of hydrogen-bond acceptors (Lipinski definition) is 6. The van der Waals surface area contributed by atoms with E-state index in [0.717, 1.165) is 24.2 Å². The summed E-state index contributed by atoms with van der Waals surface area (Å²) < 4.78 is 11.1. The molecule has 1 aromatic heterocycles. The van der Waals surface area contributed by atoms with E-state index < -0.39 is 0 Å². The molecule has 1 amide bonds. The van der Waals surface area contributed by atoms with Gasteiger partial charge in [-0.1, -0.05) is 11.8 Å². The zero-order chi connectivity index (χ0) is 18.5. The summed E-state index contributed by atoms with van der Waals surface area (Å²) in [5.41, 5.74) is 0.831. The summed E-state index contributed by atoms with van der Waals surface area (Å²) in [5.74, 6) is 1.71. The number of carbonyl (C=O) groups excluding carboxylic acids is 1. The molecule has 0 bridgehead atoms. The Labute approximate surface area is 158 Å². The molecular formula is C19H25N3O3S. The zero-order valence-corrected chi connectivity index (χ0v) is 16.3. The molecule has 3 rings (SSSR count). The number of rotatable bonds is 6. The number of ether oxygens (including phenoxy) is 1. The second-order valence-electron chi connectivity index (χ2n) is 6.55. The summed E-state index contributed by atoms with van der Waals surface area (Å²) in [6.45, 7) is 6.81. The van der Waals surface area contributed by atoms with Crippen LogP contribution < -0.4 is 4.74 Å². The molecule has 0 N–H and O–H groups in total. The van der Waals surface area contributed by atoms with Crippen molar-refractivity contribution in [2.75, 3.05) is 12.4 Å². The molecule has 0 radical (unpaired) electrons. The minimum absolute atomic E-state index is 0.135. The van der Waals surface area contributed by atoms with Crippen LogP contribution >= 0.6 is 11.8 Å². The average Bonchev–Trinajstić information content (AvgIpc) is 3.10. The number of piperidine rings is 1. The topological polar surface area (TPSA) is 68.5 Å². The maximum absolute atomic E-state index is 12.6. The van der Waals surface area contributed by atoms with Crippen LogP contribution in [0.4, 0.5) is 0 Å². The van der Waals surface area contributed by atoms with Gasteiger partial charge in [-0.05, 0) is 64.3 Å². The van der Waals surface area contributed by atoms with Crippen molar-refractivity contribution in [1.29, 1.82) is 0 Å². The van der Waals surface area contributed by atoms with Crippen molar-refractivity contribution in [2.45, 2.75) is 57.3 Å². The van der Waals surface area contributed by atoms with E-state index in [9.17, 15) is 4.79 Å². The number of nitrogens with zero attached hydrogens (tertiary/aromatic N) is 3. The van der Waals surface area contributed by atoms with E-state index >= 15 is 0 Å². The average molecular weight is 375 g/mol. The van der Waals surface area contributed by atoms with Crippen molar-refractivity contribution >= 4 is 17.7 Å². The molecule has 1 aliphatic heterocycles. The molecule has 1 aromatic carbocycles. The van der Waals surface area contributed by atoms with Gasteiger partial charge in [0.1, 0.15) is 5.75 Å². The van der Waals surface area contributed by atoms with E-state index in [1.54, 1.807) is 0 Å². The Morgan fingerprint density at radius 3 is 2.58 bits per heavy atom. The second kappa shape index (κ2) is 8.58. The molecule has 0 spiro atoms. The van der Waals surface area contributed by atoms with Crippen LogP contribution in [0.3, 0.4) is 0 Å². The van der Waals surface area contributed by atoms with Gasteiger partial charge >= 0.3 is 0 Å². The second-order valence-corrected chi connectivity index (χ2v) is 7.48. The highest BCUT2D eigenvalue weighted by Gasteiger charge is 2.29. The molecule has 1 saturated heterocycles. The third-order valence-corrected chi connectivity index (χ3v) is 5.42. The Bertz CT molecular complexity index is 722. The first-order chi connectivity index (χ1) is 12.6. The number of benzene rings is 1. The molecule has 1 fully saturated rings. The van der Waals surface area contributed by atoms with Crippen LogP contribution in [0.2, 0.25) is 0 Å². The van der Waals surface area contributed by atoms with Crippen molar-refractivity contribution in [1.82, 2.24) is 15.1 Å². The normalized spacial score (nSPS) is 20.2. The molecule has 2 heterocycles. The van der Waals surface area contributed by atoms with Gasteiger partial charge in [-0.25, -0.2) is 0 Å². The van der Waals surface area contributed by atoms with Gasteiger partial charge < -0.3 is 14.1 Å². The Balaban J connectivity index is 1.59. The SMILES string of the molecule is CCOc1ccc(-c2nnc(SCC(=O)N3[C@H](C)CCC[C@H]3C)o2)cc1. The van der Waals surface area contributed by atoms with Crippen LogP contribution in [0.25, 0.3) is 11.5 Å². The lowest BCUT2D eigenvalue weighted by Gasteiger charge is -2.39. The third-order valence-electron chi connectivity index (χ3n) is 4.62. The molecule has 140 valence electrons. The number of hydrogen-bond donors (Lipinski definition) is 0. The van der Waals surface area contributed by atoms with Crippen molar-refractivity contribution in [2.24, 2.45) is 0 Å². The van der Waals surface area contributed by atoms with Crippen LogP contribution in [0.5, 0.6) is 5.75 Å². The van der Waals surface area contributed by atoms with Crippen LogP contribution in [0.15, 0.2) is 33.9 Å². The summed E-state index contributed by atoms with van der Waals surface area (Å²) in [6.07, 6.45) is 3.33. The lowest BCUT2D eigenvalue weighted by atomic mass is 9.98. The molecule has 6 nitrogen and oxygen atoms in total. The monoisotopic (exact) mass is 375 g/mol. The maximum Gasteiger partial charge on any atom is 0.277 e. The van der Waals surface area contributed by atoms with E-state index in [4.69, 9.17) is 9.15 Å². The van der Waals surface area contributed by atoms with Gasteiger partial charge in [0, 0.05) is 17.6 Å². The van der Waals surface area contributed by atoms with Crippen LogP contribution in [-0.4, -0.2) is 45.4 Å². The largest absolute Gasteiger partial charge is 0.494 e. The first-order valence-corrected chi connectivity index (χ1v) is 10.1. The lowest BCUT2D eigenvalue weighted by Crippen LogP contribution is -2.48. The van der Waals surface area contributed by atoms with Crippen molar-refractivity contribution < 1.29 is 13.9 Å². The molecule has 2 aromatic rings. The molecular weight excluding hydrogens is 350 g/mol. The van der Waals surface area contributed by atoms with E-state index in [0.29, 0.717) is 35.6 Å². The van der Waals surface area contributed by atoms with Crippen molar-refractivity contribution in [3.8, 4) is 17.2 Å². The fourth-order valence-corrected chi connectivity index (χ4v) is 3.99. The van der Waals surface area contributed by atoms with E-state index in [1.807, 2.05) is 36.1 Å². The predicted octanol–water partition coefficient (Wildman–Crippen LogP) is 4.02. The van der Waals surface area contributed by atoms with Gasteiger partial charge in [0.2, 0.25) is 11.8 Å². The first-order valence-electron chi connectivity index (χ1n) is 9.09. The van der Waals surface area contributed by atoms with Crippen LogP contribution in [0.1, 0.15) is 40.0 Å². The van der Waals surface area contributed by atoms with E-state index in [2.05, 4.69) is 24.0 Å². The molecule has 2 atom stereocenters. The Hall–Kier alpha value is -2.02. The van der Waals surface area contributed by atoms with E-state index in [-0.39, 0.29) is 5.91 Å². The van der Waals surface area contributed by atoms with Crippen molar-refractivity contribution in [3.63, 3.8) is 0 Å². The number of likely N-dealkylation sites (tertiary alicyclic amines) is 1. The van der Waals surface area contributed by atoms with E-state index in [1.165, 1.54) is 18.2 Å². The highest BCUT2D eigenvalue weighted by Crippen LogP contribution is 2.27. The summed E-state index contributed by atoms with van der Waals surface area (Å²) in [5, 5.41) is 8.55. The summed E-state index contributed by atoms with van der Waals surface area (Å²) >= 11 is 1.30. The van der Waals surface area contributed by atoms with Crippen LogP contribution in [0, 0.1) is 0 Å². The smallest absolute Gasteiger partial charge is 0.277 e. The minimum atomic E-state index is 0.135. The number of aromatic nitrogens is 2. The molecule has 0 unspecified atom stereocenters.